The molecule has 0 radical (unpaired) electrons. The largest absolute Gasteiger partial charge is 0.399 e. The van der Waals surface area contributed by atoms with E-state index in [-0.39, 0.29) is 17.7 Å². The van der Waals surface area contributed by atoms with E-state index in [9.17, 15) is 14.4 Å². The Morgan fingerprint density at radius 2 is 1.54 bits per heavy atom. The number of carbonyl (C=O) groups excluding carboxylic acids is 3. The summed E-state index contributed by atoms with van der Waals surface area (Å²) in [5.41, 5.74) is 7.90. The highest BCUT2D eigenvalue weighted by molar-refractivity contribution is 6.22. The van der Waals surface area contributed by atoms with Gasteiger partial charge in [0.15, 0.2) is 0 Å². The minimum Gasteiger partial charge on any atom is -0.399 e. The maximum atomic E-state index is 12.5. The van der Waals surface area contributed by atoms with Gasteiger partial charge < -0.3 is 16.4 Å². The predicted molar refractivity (Wildman–Crippen MR) is 100 cm³/mol. The molecule has 0 aliphatic carbocycles. The van der Waals surface area contributed by atoms with E-state index in [1.807, 2.05) is 13.8 Å². The van der Waals surface area contributed by atoms with E-state index in [4.69, 9.17) is 5.73 Å². The second-order valence-electron chi connectivity index (χ2n) is 6.58. The van der Waals surface area contributed by atoms with Crippen molar-refractivity contribution in [3.63, 3.8) is 0 Å². The predicted octanol–water partition coefficient (Wildman–Crippen LogP) is 3.16. The molecule has 0 saturated carbocycles. The maximum Gasteiger partial charge on any atom is 0.323 e. The van der Waals surface area contributed by atoms with Gasteiger partial charge in [0.05, 0.1) is 11.1 Å². The van der Waals surface area contributed by atoms with Crippen molar-refractivity contribution in [3.8, 4) is 0 Å². The van der Waals surface area contributed by atoms with Crippen molar-refractivity contribution in [2.45, 2.75) is 13.8 Å². The minimum atomic E-state index is -0.453. The second-order valence-corrected chi connectivity index (χ2v) is 6.58. The molecule has 0 fully saturated rings. The van der Waals surface area contributed by atoms with Crippen molar-refractivity contribution >= 4 is 34.9 Å². The molecule has 0 unspecified atom stereocenters. The number of benzene rings is 2. The standard InChI is InChI=1S/C19H20N4O3/c1-11(2)10-23-17(24)15-8-7-14(9-16(15)18(23)25)22-19(26)21-13-5-3-12(20)4-6-13/h3-9,11H,10,20H2,1-2H3,(H2,21,22,26). The number of amides is 4. The molecular formula is C19H20N4O3. The Bertz CT molecular complexity index is 875. The lowest BCUT2D eigenvalue weighted by Gasteiger charge is -2.15. The van der Waals surface area contributed by atoms with Crippen LogP contribution in [0.5, 0.6) is 0 Å². The van der Waals surface area contributed by atoms with Crippen molar-refractivity contribution in [3.05, 3.63) is 53.6 Å². The fraction of sp³-hybridized carbons (Fsp3) is 0.211. The Labute approximate surface area is 151 Å². The number of nitrogens with one attached hydrogen (secondary N) is 2. The van der Waals surface area contributed by atoms with Crippen LogP contribution in [-0.4, -0.2) is 29.3 Å². The van der Waals surface area contributed by atoms with Crippen molar-refractivity contribution in [2.75, 3.05) is 22.9 Å². The fourth-order valence-corrected chi connectivity index (χ4v) is 2.76. The number of nitrogens with two attached hydrogens (primary N) is 1. The van der Waals surface area contributed by atoms with Gasteiger partial charge in [-0.2, -0.15) is 0 Å². The third-order valence-corrected chi connectivity index (χ3v) is 3.94. The number of hydrogen-bond donors (Lipinski definition) is 3. The van der Waals surface area contributed by atoms with Crippen LogP contribution in [-0.2, 0) is 0 Å². The van der Waals surface area contributed by atoms with Gasteiger partial charge in [0.2, 0.25) is 0 Å². The first-order valence-corrected chi connectivity index (χ1v) is 8.29. The number of rotatable bonds is 4. The normalized spacial score (nSPS) is 13.1. The number of carbonyl (C=O) groups is 3. The first-order valence-electron chi connectivity index (χ1n) is 8.29. The number of nitrogen functional groups attached to an aromatic ring is 1. The molecule has 1 aliphatic rings. The highest BCUT2D eigenvalue weighted by atomic mass is 16.2. The Kier molecular flexibility index (Phi) is 4.62. The van der Waals surface area contributed by atoms with Gasteiger partial charge in [0.25, 0.3) is 11.8 Å². The van der Waals surface area contributed by atoms with Crippen LogP contribution in [0.25, 0.3) is 0 Å². The number of anilines is 3. The van der Waals surface area contributed by atoms with Crippen LogP contribution in [0.1, 0.15) is 34.6 Å². The third-order valence-electron chi connectivity index (χ3n) is 3.94. The van der Waals surface area contributed by atoms with Gasteiger partial charge in [-0.1, -0.05) is 13.8 Å². The molecule has 0 bridgehead atoms. The number of hydrogen-bond acceptors (Lipinski definition) is 4. The lowest BCUT2D eigenvalue weighted by molar-refractivity contribution is 0.0636. The van der Waals surface area contributed by atoms with Crippen molar-refractivity contribution < 1.29 is 14.4 Å². The van der Waals surface area contributed by atoms with Gasteiger partial charge in [0, 0.05) is 23.6 Å². The van der Waals surface area contributed by atoms with Crippen molar-refractivity contribution in [1.82, 2.24) is 4.90 Å². The Balaban J connectivity index is 1.73. The molecule has 1 heterocycles. The van der Waals surface area contributed by atoms with Gasteiger partial charge in [0.1, 0.15) is 0 Å². The molecule has 7 heteroatoms. The lowest BCUT2D eigenvalue weighted by atomic mass is 10.1. The minimum absolute atomic E-state index is 0.181. The zero-order valence-electron chi connectivity index (χ0n) is 14.6. The van der Waals surface area contributed by atoms with Gasteiger partial charge >= 0.3 is 6.03 Å². The molecule has 4 amide bonds. The van der Waals surface area contributed by atoms with Crippen LogP contribution in [0.3, 0.4) is 0 Å². The molecule has 1 aliphatic heterocycles. The highest BCUT2D eigenvalue weighted by Gasteiger charge is 2.35. The first kappa shape index (κ1) is 17.5. The van der Waals surface area contributed by atoms with E-state index in [1.54, 1.807) is 36.4 Å². The van der Waals surface area contributed by atoms with Gasteiger partial charge in [-0.05, 0) is 48.4 Å². The van der Waals surface area contributed by atoms with E-state index in [0.29, 0.717) is 34.7 Å². The zero-order valence-corrected chi connectivity index (χ0v) is 14.6. The second kappa shape index (κ2) is 6.87. The molecule has 7 nitrogen and oxygen atoms in total. The molecule has 2 aromatic carbocycles. The van der Waals surface area contributed by atoms with Crippen LogP contribution in [0.2, 0.25) is 0 Å². The molecule has 3 rings (SSSR count). The van der Waals surface area contributed by atoms with E-state index >= 15 is 0 Å². The molecular weight excluding hydrogens is 332 g/mol. The molecule has 0 spiro atoms. The number of nitrogens with zero attached hydrogens (tertiary/aromatic N) is 1. The summed E-state index contributed by atoms with van der Waals surface area (Å²) in [5.74, 6) is -0.446. The maximum absolute atomic E-state index is 12.5. The Hall–Kier alpha value is -3.35. The van der Waals surface area contributed by atoms with Crippen molar-refractivity contribution in [2.24, 2.45) is 5.92 Å². The molecule has 0 aromatic heterocycles. The lowest BCUT2D eigenvalue weighted by Crippen LogP contribution is -2.33. The zero-order chi connectivity index (χ0) is 18.8. The monoisotopic (exact) mass is 352 g/mol. The Morgan fingerprint density at radius 1 is 0.962 bits per heavy atom. The average molecular weight is 352 g/mol. The summed E-state index contributed by atoms with van der Waals surface area (Å²) in [5, 5.41) is 5.33. The van der Waals surface area contributed by atoms with Crippen LogP contribution in [0, 0.1) is 5.92 Å². The number of fused-ring (bicyclic) bond motifs is 1. The highest BCUT2D eigenvalue weighted by Crippen LogP contribution is 2.26. The Morgan fingerprint density at radius 3 is 2.19 bits per heavy atom. The van der Waals surface area contributed by atoms with Gasteiger partial charge in [-0.3, -0.25) is 14.5 Å². The molecule has 0 saturated heterocycles. The molecule has 4 N–H and O–H groups in total. The summed E-state index contributed by atoms with van der Waals surface area (Å²) < 4.78 is 0. The van der Waals surface area contributed by atoms with Crippen LogP contribution >= 0.6 is 0 Å². The average Bonchev–Trinajstić information content (AvgIpc) is 2.81. The van der Waals surface area contributed by atoms with E-state index in [0.717, 1.165) is 0 Å². The van der Waals surface area contributed by atoms with Crippen LogP contribution in [0.15, 0.2) is 42.5 Å². The number of imide groups is 1. The number of urea groups is 1. The smallest absolute Gasteiger partial charge is 0.323 e. The quantitative estimate of drug-likeness (QED) is 0.580. The van der Waals surface area contributed by atoms with Crippen molar-refractivity contribution in [1.29, 1.82) is 0 Å². The molecule has 2 aromatic rings. The summed E-state index contributed by atoms with van der Waals surface area (Å²) in [6.07, 6.45) is 0. The molecule has 0 atom stereocenters. The first-order chi connectivity index (χ1) is 12.3. The van der Waals surface area contributed by atoms with E-state index in [2.05, 4.69) is 10.6 Å². The fourth-order valence-electron chi connectivity index (χ4n) is 2.76. The van der Waals surface area contributed by atoms with Crippen LogP contribution < -0.4 is 16.4 Å². The SMILES string of the molecule is CC(C)CN1C(=O)c2ccc(NC(=O)Nc3ccc(N)cc3)cc2C1=O. The topological polar surface area (TPSA) is 105 Å². The van der Waals surface area contributed by atoms with Gasteiger partial charge in [-0.15, -0.1) is 0 Å². The summed E-state index contributed by atoms with van der Waals surface area (Å²) in [7, 11) is 0. The third kappa shape index (κ3) is 3.51. The summed E-state index contributed by atoms with van der Waals surface area (Å²) >= 11 is 0. The summed E-state index contributed by atoms with van der Waals surface area (Å²) in [6, 6.07) is 11.0. The van der Waals surface area contributed by atoms with Crippen LogP contribution in [0.4, 0.5) is 21.9 Å². The molecule has 26 heavy (non-hydrogen) atoms. The van der Waals surface area contributed by atoms with E-state index < -0.39 is 6.03 Å². The molecule has 134 valence electrons. The van der Waals surface area contributed by atoms with Gasteiger partial charge in [-0.25, -0.2) is 4.79 Å². The summed E-state index contributed by atoms with van der Waals surface area (Å²) in [4.78, 5) is 38.2. The summed E-state index contributed by atoms with van der Waals surface area (Å²) in [6.45, 7) is 4.25. The van der Waals surface area contributed by atoms with E-state index in [1.165, 1.54) is 11.0 Å².